The molecular weight excluding hydrogens is 339 g/mol. The maximum atomic E-state index is 10.6. The zero-order valence-electron chi connectivity index (χ0n) is 9.07. The van der Waals surface area contributed by atoms with E-state index in [9.17, 15) is 10.1 Å². The van der Waals surface area contributed by atoms with Crippen LogP contribution in [0.3, 0.4) is 0 Å². The molecule has 1 aromatic carbocycles. The van der Waals surface area contributed by atoms with Crippen molar-refractivity contribution < 1.29 is 4.92 Å². The average Bonchev–Trinajstić information content (AvgIpc) is 2.26. The molecule has 16 heavy (non-hydrogen) atoms. The van der Waals surface area contributed by atoms with Gasteiger partial charge in [0.05, 0.1) is 4.92 Å². The monoisotopic (exact) mass is 352 g/mol. The predicted molar refractivity (Wildman–Crippen MR) is 77.3 cm³/mol. The molecule has 1 unspecified atom stereocenters. The van der Waals surface area contributed by atoms with Gasteiger partial charge in [-0.2, -0.15) is 11.8 Å². The van der Waals surface area contributed by atoms with Gasteiger partial charge >= 0.3 is 0 Å². The largest absolute Gasteiger partial charge is 0.383 e. The van der Waals surface area contributed by atoms with Gasteiger partial charge in [0.15, 0.2) is 0 Å². The molecule has 0 aliphatic heterocycles. The minimum absolute atomic E-state index is 0.132. The van der Waals surface area contributed by atoms with Crippen molar-refractivity contribution in [2.24, 2.45) is 0 Å². The summed E-state index contributed by atoms with van der Waals surface area (Å²) in [7, 11) is 0. The van der Waals surface area contributed by atoms with Gasteiger partial charge in [-0.3, -0.25) is 10.1 Å². The molecule has 1 atom stereocenters. The highest BCUT2D eigenvalue weighted by molar-refractivity contribution is 14.1. The predicted octanol–water partition coefficient (Wildman–Crippen LogP) is 3.36. The van der Waals surface area contributed by atoms with Crippen LogP contribution in [-0.2, 0) is 0 Å². The summed E-state index contributed by atoms with van der Waals surface area (Å²) in [6.45, 7) is 2.99. The van der Waals surface area contributed by atoms with Crippen LogP contribution in [0.1, 0.15) is 6.92 Å². The number of hydrogen-bond donors (Lipinski definition) is 1. The van der Waals surface area contributed by atoms with Crippen LogP contribution in [0.4, 0.5) is 11.4 Å². The second kappa shape index (κ2) is 6.29. The molecule has 1 aromatic rings. The number of non-ortho nitro benzene ring substituents is 1. The second-order valence-corrected chi connectivity index (χ2v) is 5.79. The van der Waals surface area contributed by atoms with Gasteiger partial charge in [-0.25, -0.2) is 0 Å². The minimum Gasteiger partial charge on any atom is -0.383 e. The van der Waals surface area contributed by atoms with Gasteiger partial charge in [-0.05, 0) is 34.9 Å². The van der Waals surface area contributed by atoms with E-state index in [2.05, 4.69) is 41.1 Å². The Hall–Kier alpha value is -0.500. The number of rotatable bonds is 5. The van der Waals surface area contributed by atoms with Crippen molar-refractivity contribution >= 4 is 45.7 Å². The summed E-state index contributed by atoms with van der Waals surface area (Å²) in [4.78, 5) is 10.2. The van der Waals surface area contributed by atoms with E-state index >= 15 is 0 Å². The minimum atomic E-state index is -0.379. The third-order valence-corrected chi connectivity index (χ3v) is 4.01. The van der Waals surface area contributed by atoms with Crippen LogP contribution in [0.25, 0.3) is 0 Å². The number of nitro groups is 1. The Morgan fingerprint density at radius 3 is 2.81 bits per heavy atom. The fourth-order valence-corrected chi connectivity index (χ4v) is 2.04. The first-order valence-electron chi connectivity index (χ1n) is 4.75. The quantitative estimate of drug-likeness (QED) is 0.502. The number of halogens is 1. The average molecular weight is 352 g/mol. The van der Waals surface area contributed by atoms with Crippen LogP contribution >= 0.6 is 34.4 Å². The lowest BCUT2D eigenvalue weighted by atomic mass is 10.3. The van der Waals surface area contributed by atoms with Crippen LogP contribution in [0.2, 0.25) is 0 Å². The number of benzene rings is 1. The normalized spacial score (nSPS) is 12.2. The Morgan fingerprint density at radius 2 is 2.31 bits per heavy atom. The topological polar surface area (TPSA) is 55.2 Å². The van der Waals surface area contributed by atoms with E-state index < -0.39 is 0 Å². The second-order valence-electron chi connectivity index (χ2n) is 3.35. The maximum Gasteiger partial charge on any atom is 0.270 e. The summed E-state index contributed by atoms with van der Waals surface area (Å²) in [6, 6.07) is 4.86. The van der Waals surface area contributed by atoms with E-state index in [0.717, 1.165) is 15.8 Å². The van der Waals surface area contributed by atoms with Gasteiger partial charge in [0.25, 0.3) is 5.69 Å². The van der Waals surface area contributed by atoms with Gasteiger partial charge in [0.1, 0.15) is 0 Å². The molecule has 0 aliphatic rings. The van der Waals surface area contributed by atoms with Gasteiger partial charge in [0, 0.05) is 33.2 Å². The molecule has 0 radical (unpaired) electrons. The fraction of sp³-hybridized carbons (Fsp3) is 0.400. The number of thioether (sulfide) groups is 1. The van der Waals surface area contributed by atoms with Crippen molar-refractivity contribution in [3.63, 3.8) is 0 Å². The van der Waals surface area contributed by atoms with Gasteiger partial charge in [0.2, 0.25) is 0 Å². The highest BCUT2D eigenvalue weighted by atomic mass is 127. The molecular formula is C10H13IN2O2S. The van der Waals surface area contributed by atoms with Crippen molar-refractivity contribution in [1.29, 1.82) is 0 Å². The molecule has 0 heterocycles. The summed E-state index contributed by atoms with van der Waals surface area (Å²) in [6.07, 6.45) is 2.06. The van der Waals surface area contributed by atoms with Crippen molar-refractivity contribution in [3.05, 3.63) is 31.9 Å². The number of hydrogen-bond acceptors (Lipinski definition) is 4. The van der Waals surface area contributed by atoms with E-state index in [1.165, 1.54) is 6.07 Å². The molecule has 0 saturated heterocycles. The Kier molecular flexibility index (Phi) is 5.33. The number of nitrogens with zero attached hydrogens (tertiary/aromatic N) is 1. The van der Waals surface area contributed by atoms with Crippen LogP contribution < -0.4 is 5.32 Å². The Bertz CT molecular complexity index is 387. The first-order valence-corrected chi connectivity index (χ1v) is 7.12. The van der Waals surface area contributed by atoms with E-state index in [-0.39, 0.29) is 10.6 Å². The smallest absolute Gasteiger partial charge is 0.270 e. The summed E-state index contributed by atoms with van der Waals surface area (Å²) in [5, 5.41) is 14.4. The lowest BCUT2D eigenvalue weighted by Crippen LogP contribution is -2.13. The number of nitrogens with one attached hydrogen (secondary N) is 1. The molecule has 0 bridgehead atoms. The highest BCUT2D eigenvalue weighted by Gasteiger charge is 2.09. The van der Waals surface area contributed by atoms with Crippen molar-refractivity contribution in [1.82, 2.24) is 0 Å². The van der Waals surface area contributed by atoms with Crippen LogP contribution in [0, 0.1) is 13.7 Å². The molecule has 0 amide bonds. The first kappa shape index (κ1) is 13.6. The first-order chi connectivity index (χ1) is 7.54. The highest BCUT2D eigenvalue weighted by Crippen LogP contribution is 2.23. The van der Waals surface area contributed by atoms with Gasteiger partial charge in [-0.15, -0.1) is 0 Å². The van der Waals surface area contributed by atoms with E-state index in [4.69, 9.17) is 0 Å². The third-order valence-electron chi connectivity index (χ3n) is 2.15. The van der Waals surface area contributed by atoms with Crippen LogP contribution in [-0.4, -0.2) is 23.0 Å². The zero-order valence-corrected chi connectivity index (χ0v) is 12.0. The molecule has 0 aliphatic carbocycles. The lowest BCUT2D eigenvalue weighted by molar-refractivity contribution is -0.384. The maximum absolute atomic E-state index is 10.6. The SMILES string of the molecule is CSC(C)CNc1ccc([N+](=O)[O-])cc1I. The van der Waals surface area contributed by atoms with Crippen molar-refractivity contribution in [2.75, 3.05) is 18.1 Å². The van der Waals surface area contributed by atoms with E-state index in [0.29, 0.717) is 5.25 Å². The molecule has 1 rings (SSSR count). The Morgan fingerprint density at radius 1 is 1.62 bits per heavy atom. The Balaban J connectivity index is 2.72. The summed E-state index contributed by atoms with van der Waals surface area (Å²) in [5.74, 6) is 0. The molecule has 0 saturated carbocycles. The molecule has 0 aromatic heterocycles. The summed E-state index contributed by atoms with van der Waals surface area (Å²) in [5.41, 5.74) is 1.08. The molecule has 0 fully saturated rings. The van der Waals surface area contributed by atoms with Gasteiger partial charge < -0.3 is 5.32 Å². The molecule has 1 N–H and O–H groups in total. The van der Waals surface area contributed by atoms with Crippen molar-refractivity contribution in [2.45, 2.75) is 12.2 Å². The van der Waals surface area contributed by atoms with Crippen LogP contribution in [0.5, 0.6) is 0 Å². The van der Waals surface area contributed by atoms with E-state index in [1.54, 1.807) is 23.9 Å². The van der Waals surface area contributed by atoms with Gasteiger partial charge in [-0.1, -0.05) is 6.92 Å². The summed E-state index contributed by atoms with van der Waals surface area (Å²) < 4.78 is 0.875. The fourth-order valence-electron chi connectivity index (χ4n) is 1.10. The Labute approximate surface area is 112 Å². The zero-order chi connectivity index (χ0) is 12.1. The number of anilines is 1. The standard InChI is InChI=1S/C10H13IN2O2S/c1-7(16-2)6-12-10-4-3-8(13(14)15)5-9(10)11/h3-5,7,12H,6H2,1-2H3. The molecule has 6 heteroatoms. The number of nitro benzene ring substituents is 1. The van der Waals surface area contributed by atoms with E-state index in [1.807, 2.05) is 0 Å². The molecule has 0 spiro atoms. The lowest BCUT2D eigenvalue weighted by Gasteiger charge is -2.12. The van der Waals surface area contributed by atoms with Crippen LogP contribution in [0.15, 0.2) is 18.2 Å². The molecule has 88 valence electrons. The van der Waals surface area contributed by atoms with Crippen molar-refractivity contribution in [3.8, 4) is 0 Å². The summed E-state index contributed by atoms with van der Waals surface area (Å²) >= 11 is 3.89. The third kappa shape index (κ3) is 3.82. The molecule has 4 nitrogen and oxygen atoms in total.